The van der Waals surface area contributed by atoms with E-state index in [1.54, 1.807) is 28.3 Å². The average Bonchev–Trinajstić information content (AvgIpc) is 3.38. The van der Waals surface area contributed by atoms with Crippen molar-refractivity contribution < 1.29 is 28.0 Å². The van der Waals surface area contributed by atoms with Crippen LogP contribution in [0.3, 0.4) is 0 Å². The summed E-state index contributed by atoms with van der Waals surface area (Å²) in [6.45, 7) is 1.56. The molecule has 0 spiro atoms. The molecule has 0 unspecified atom stereocenters. The van der Waals surface area contributed by atoms with Crippen molar-refractivity contribution in [1.82, 2.24) is 0 Å². The lowest BCUT2D eigenvalue weighted by Gasteiger charge is -2.05. The number of oxazole rings is 1. The molecule has 0 bridgehead atoms. The van der Waals surface area contributed by atoms with E-state index >= 15 is 0 Å². The number of hydrogen-bond donors (Lipinski definition) is 0. The fourth-order valence-electron chi connectivity index (χ4n) is 4.35. The molecule has 0 fully saturated rings. The van der Waals surface area contributed by atoms with Crippen LogP contribution in [0.5, 0.6) is 17.2 Å². The van der Waals surface area contributed by atoms with Crippen molar-refractivity contribution in [2.75, 3.05) is 21.3 Å². The summed E-state index contributed by atoms with van der Waals surface area (Å²) in [4.78, 5) is 11.9. The molecule has 6 heteroatoms. The smallest absolute Gasteiger partial charge is 0.387 e. The van der Waals surface area contributed by atoms with Crippen LogP contribution in [0, 0.1) is 0 Å². The SMILES string of the molecule is COc1ccc(-c2oc(-c3ccc(C(C)=O)cc3)[n+](-c3ccc(OC)cc3)c2-c2ccc(OC)cc2)cc1. The number of aromatic nitrogens is 1. The molecule has 6 nitrogen and oxygen atoms in total. The lowest BCUT2D eigenvalue weighted by molar-refractivity contribution is -0.575. The van der Waals surface area contributed by atoms with Crippen LogP contribution >= 0.6 is 0 Å². The summed E-state index contributed by atoms with van der Waals surface area (Å²) in [6, 6.07) is 30.9. The Morgan fingerprint density at radius 3 is 1.53 bits per heavy atom. The third kappa shape index (κ3) is 4.76. The van der Waals surface area contributed by atoms with Crippen molar-refractivity contribution >= 4 is 5.78 Å². The summed E-state index contributed by atoms with van der Waals surface area (Å²) in [5, 5.41) is 0. The Hall–Kier alpha value is -4.84. The van der Waals surface area contributed by atoms with Crippen molar-refractivity contribution in [1.29, 1.82) is 0 Å². The van der Waals surface area contributed by atoms with E-state index in [1.165, 1.54) is 0 Å². The molecule has 0 radical (unpaired) electrons. The zero-order chi connectivity index (χ0) is 26.6. The molecule has 1 aromatic heterocycles. The molecule has 0 saturated heterocycles. The van der Waals surface area contributed by atoms with Gasteiger partial charge in [0.15, 0.2) is 5.78 Å². The number of carbonyl (C=O) groups excluding carboxylic acids is 1. The minimum Gasteiger partial charge on any atom is -0.497 e. The first-order chi connectivity index (χ1) is 18.5. The van der Waals surface area contributed by atoms with Gasteiger partial charge in [-0.1, -0.05) is 12.1 Å². The van der Waals surface area contributed by atoms with Crippen LogP contribution in [0.1, 0.15) is 17.3 Å². The van der Waals surface area contributed by atoms with Gasteiger partial charge >= 0.3 is 5.89 Å². The van der Waals surface area contributed by atoms with Crippen molar-refractivity contribution in [3.05, 3.63) is 103 Å². The lowest BCUT2D eigenvalue weighted by Crippen LogP contribution is -2.33. The van der Waals surface area contributed by atoms with Crippen molar-refractivity contribution in [2.24, 2.45) is 0 Å². The van der Waals surface area contributed by atoms with E-state index in [-0.39, 0.29) is 5.78 Å². The molecule has 38 heavy (non-hydrogen) atoms. The van der Waals surface area contributed by atoms with E-state index in [0.717, 1.165) is 45.3 Å². The van der Waals surface area contributed by atoms with Gasteiger partial charge in [-0.05, 0) is 79.7 Å². The van der Waals surface area contributed by atoms with E-state index in [0.29, 0.717) is 17.2 Å². The van der Waals surface area contributed by atoms with Crippen LogP contribution in [-0.2, 0) is 0 Å². The minimum absolute atomic E-state index is 0.0110. The fraction of sp³-hybridized carbons (Fsp3) is 0.125. The maximum atomic E-state index is 11.9. The van der Waals surface area contributed by atoms with Crippen LogP contribution in [0.2, 0.25) is 0 Å². The first-order valence-corrected chi connectivity index (χ1v) is 12.2. The fourth-order valence-corrected chi connectivity index (χ4v) is 4.35. The van der Waals surface area contributed by atoms with E-state index in [4.69, 9.17) is 18.6 Å². The number of carbonyl (C=O) groups is 1. The van der Waals surface area contributed by atoms with Crippen LogP contribution in [-0.4, -0.2) is 27.1 Å². The molecular formula is C32H28NO5+. The largest absolute Gasteiger partial charge is 0.497 e. The normalized spacial score (nSPS) is 10.7. The van der Waals surface area contributed by atoms with Gasteiger partial charge in [0.2, 0.25) is 11.4 Å². The number of rotatable bonds is 8. The first kappa shape index (κ1) is 24.8. The van der Waals surface area contributed by atoms with Gasteiger partial charge in [0.05, 0.1) is 32.5 Å². The lowest BCUT2D eigenvalue weighted by atomic mass is 10.0. The highest BCUT2D eigenvalue weighted by molar-refractivity contribution is 5.94. The Morgan fingerprint density at radius 2 is 1.05 bits per heavy atom. The number of methoxy groups -OCH3 is 3. The van der Waals surface area contributed by atoms with Crippen LogP contribution in [0.4, 0.5) is 0 Å². The molecule has 0 saturated carbocycles. The molecule has 5 rings (SSSR count). The molecule has 0 N–H and O–H groups in total. The highest BCUT2D eigenvalue weighted by atomic mass is 16.5. The summed E-state index contributed by atoms with van der Waals surface area (Å²) in [7, 11) is 4.94. The summed E-state index contributed by atoms with van der Waals surface area (Å²) >= 11 is 0. The van der Waals surface area contributed by atoms with Gasteiger partial charge in [0, 0.05) is 23.3 Å². The topological polar surface area (TPSA) is 61.8 Å². The summed E-state index contributed by atoms with van der Waals surface area (Å²) in [5.41, 5.74) is 5.08. The molecule has 0 aliphatic carbocycles. The van der Waals surface area contributed by atoms with Crippen molar-refractivity contribution in [3.63, 3.8) is 0 Å². The summed E-state index contributed by atoms with van der Waals surface area (Å²) in [6.07, 6.45) is 0. The Balaban J connectivity index is 1.81. The van der Waals surface area contributed by atoms with Gasteiger partial charge in [-0.3, -0.25) is 4.79 Å². The second kappa shape index (κ2) is 10.6. The molecule has 4 aromatic carbocycles. The molecule has 0 atom stereocenters. The van der Waals surface area contributed by atoms with Gasteiger partial charge in [-0.15, -0.1) is 4.57 Å². The highest BCUT2D eigenvalue weighted by Crippen LogP contribution is 2.37. The molecule has 190 valence electrons. The molecule has 0 amide bonds. The average molecular weight is 507 g/mol. The van der Waals surface area contributed by atoms with Crippen molar-refractivity contribution in [2.45, 2.75) is 6.92 Å². The number of nitrogens with zero attached hydrogens (tertiary/aromatic N) is 1. The van der Waals surface area contributed by atoms with E-state index < -0.39 is 0 Å². The number of ether oxygens (including phenoxy) is 3. The Kier molecular flexibility index (Phi) is 6.96. The standard InChI is InChI=1S/C32H28NO5/c1-21(34)22-5-7-25(8-6-22)32-33(26-13-19-29(37-4)20-14-26)30(23-9-15-27(35-2)16-10-23)31(38-32)24-11-17-28(36-3)18-12-24/h5-20H,1-4H3/q+1. The van der Waals surface area contributed by atoms with E-state index in [2.05, 4.69) is 4.57 Å². The van der Waals surface area contributed by atoms with Crippen LogP contribution in [0.15, 0.2) is 101 Å². The molecule has 0 aliphatic rings. The third-order valence-electron chi connectivity index (χ3n) is 6.43. The summed E-state index contributed by atoms with van der Waals surface area (Å²) in [5.74, 6) is 3.61. The highest BCUT2D eigenvalue weighted by Gasteiger charge is 2.34. The molecule has 0 aliphatic heterocycles. The Morgan fingerprint density at radius 1 is 0.605 bits per heavy atom. The second-order valence-electron chi connectivity index (χ2n) is 8.71. The van der Waals surface area contributed by atoms with Crippen molar-refractivity contribution in [3.8, 4) is 57.0 Å². The quantitative estimate of drug-likeness (QED) is 0.171. The van der Waals surface area contributed by atoms with E-state index in [9.17, 15) is 4.79 Å². The number of hydrogen-bond acceptors (Lipinski definition) is 5. The van der Waals surface area contributed by atoms with Gasteiger partial charge in [0.1, 0.15) is 17.2 Å². The summed E-state index contributed by atoms with van der Waals surface area (Å²) < 4.78 is 25.0. The maximum Gasteiger partial charge on any atom is 0.387 e. The van der Waals surface area contributed by atoms with E-state index in [1.807, 2.05) is 97.1 Å². The van der Waals surface area contributed by atoms with Gasteiger partial charge in [-0.2, -0.15) is 0 Å². The zero-order valence-corrected chi connectivity index (χ0v) is 21.7. The van der Waals surface area contributed by atoms with Crippen LogP contribution < -0.4 is 18.8 Å². The maximum absolute atomic E-state index is 11.9. The zero-order valence-electron chi connectivity index (χ0n) is 21.7. The van der Waals surface area contributed by atoms with Crippen LogP contribution in [0.25, 0.3) is 39.7 Å². The Labute approximate surface area is 221 Å². The second-order valence-corrected chi connectivity index (χ2v) is 8.71. The number of Topliss-reactive ketones (excluding diaryl/α,β-unsaturated/α-hetero) is 1. The predicted octanol–water partition coefficient (Wildman–Crippen LogP) is 6.79. The molecular weight excluding hydrogens is 478 g/mol. The number of benzene rings is 4. The predicted molar refractivity (Wildman–Crippen MR) is 146 cm³/mol. The number of ketones is 1. The monoisotopic (exact) mass is 506 g/mol. The van der Waals surface area contributed by atoms with Gasteiger partial charge in [0.25, 0.3) is 5.69 Å². The van der Waals surface area contributed by atoms with Gasteiger partial charge < -0.3 is 18.6 Å². The third-order valence-corrected chi connectivity index (χ3v) is 6.43. The van der Waals surface area contributed by atoms with Gasteiger partial charge in [-0.25, -0.2) is 0 Å². The Bertz CT molecular complexity index is 1550. The first-order valence-electron chi connectivity index (χ1n) is 12.2. The molecule has 5 aromatic rings. The molecule has 1 heterocycles. The minimum atomic E-state index is 0.0110.